The lowest BCUT2D eigenvalue weighted by atomic mass is 10.2. The third kappa shape index (κ3) is 3.04. The smallest absolute Gasteiger partial charge is 0.300 e. The molecule has 2 rings (SSSR count). The minimum absolute atomic E-state index is 0.0541. The van der Waals surface area contributed by atoms with E-state index in [0.717, 1.165) is 5.56 Å². The van der Waals surface area contributed by atoms with Gasteiger partial charge in [0.25, 0.3) is 5.82 Å². The molecule has 1 aromatic carbocycles. The van der Waals surface area contributed by atoms with Crippen LogP contribution >= 0.6 is 0 Å². The number of nitrogens with zero attached hydrogens (tertiary/aromatic N) is 2. The Labute approximate surface area is 109 Å². The average molecular weight is 254 g/mol. The quantitative estimate of drug-likeness (QED) is 0.327. The summed E-state index contributed by atoms with van der Waals surface area (Å²) in [5.74, 6) is 6.53. The van der Waals surface area contributed by atoms with Crippen LogP contribution < -0.4 is 0 Å². The zero-order valence-electron chi connectivity index (χ0n) is 10.3. The number of aromatic amines is 1. The van der Waals surface area contributed by atoms with Gasteiger partial charge in [0.15, 0.2) is 5.69 Å². The number of rotatable bonds is 2. The fourth-order valence-corrected chi connectivity index (χ4v) is 1.47. The maximum Gasteiger partial charge on any atom is 0.300 e. The van der Waals surface area contributed by atoms with Crippen LogP contribution in [0.2, 0.25) is 0 Å². The van der Waals surface area contributed by atoms with Crippen molar-refractivity contribution in [2.24, 2.45) is 0 Å². The van der Waals surface area contributed by atoms with E-state index in [4.69, 9.17) is 11.1 Å². The minimum Gasteiger partial charge on any atom is -0.594 e. The molecule has 6 heteroatoms. The summed E-state index contributed by atoms with van der Waals surface area (Å²) in [7, 11) is 1.62. The van der Waals surface area contributed by atoms with Crippen molar-refractivity contribution < 1.29 is 9.56 Å². The van der Waals surface area contributed by atoms with Gasteiger partial charge in [0.1, 0.15) is 7.05 Å². The van der Waals surface area contributed by atoms with Gasteiger partial charge in [-0.05, 0) is 23.6 Å². The molecular formula is C13H12N5O+. The van der Waals surface area contributed by atoms with Crippen molar-refractivity contribution in [2.45, 2.75) is 0 Å². The predicted octanol–water partition coefficient (Wildman–Crippen LogP) is 2.89. The van der Waals surface area contributed by atoms with Crippen LogP contribution in [0.1, 0.15) is 11.3 Å². The fraction of sp³-hybridized carbons (Fsp3) is 0.0769. The molecule has 0 saturated carbocycles. The van der Waals surface area contributed by atoms with Crippen LogP contribution in [0.15, 0.2) is 36.4 Å². The Morgan fingerprint density at radius 2 is 1.74 bits per heavy atom. The normalized spacial score (nSPS) is 9.53. The topological polar surface area (TPSA) is 92.6 Å². The Kier molecular flexibility index (Phi) is 3.39. The molecule has 0 spiro atoms. The SMILES string of the molecule is C[N+](=N)c1ccc(C#Cc2ccc([N+](=N)[O-])cc2)[nH]1. The van der Waals surface area contributed by atoms with E-state index in [9.17, 15) is 5.21 Å². The maximum atomic E-state index is 10.7. The Morgan fingerprint density at radius 1 is 1.05 bits per heavy atom. The van der Waals surface area contributed by atoms with Crippen molar-refractivity contribution in [2.75, 3.05) is 7.05 Å². The molecular weight excluding hydrogens is 242 g/mol. The van der Waals surface area contributed by atoms with E-state index in [1.807, 2.05) is 0 Å². The molecule has 3 N–H and O–H groups in total. The van der Waals surface area contributed by atoms with Gasteiger partial charge >= 0.3 is 0 Å². The van der Waals surface area contributed by atoms with Crippen LogP contribution in [0.25, 0.3) is 0 Å². The molecule has 0 atom stereocenters. The number of nitrogens with one attached hydrogen (secondary N) is 3. The van der Waals surface area contributed by atoms with Gasteiger partial charge in [-0.3, -0.25) is 0 Å². The number of hydrogen-bond donors (Lipinski definition) is 3. The molecule has 0 fully saturated rings. The van der Waals surface area contributed by atoms with Crippen molar-refractivity contribution >= 4 is 11.5 Å². The van der Waals surface area contributed by atoms with Gasteiger partial charge in [0.05, 0.1) is 0 Å². The Balaban J connectivity index is 2.18. The summed E-state index contributed by atoms with van der Waals surface area (Å²) < 4.78 is 1.22. The molecule has 0 saturated heterocycles. The maximum absolute atomic E-state index is 10.7. The summed E-state index contributed by atoms with van der Waals surface area (Å²) in [5.41, 5.74) is 16.0. The van der Waals surface area contributed by atoms with Crippen LogP contribution in [0.4, 0.5) is 11.5 Å². The largest absolute Gasteiger partial charge is 0.594 e. The third-order valence-electron chi connectivity index (χ3n) is 2.48. The highest BCUT2D eigenvalue weighted by Crippen LogP contribution is 2.12. The second-order valence-corrected chi connectivity index (χ2v) is 3.91. The van der Waals surface area contributed by atoms with E-state index >= 15 is 0 Å². The number of H-pyrrole nitrogens is 1. The van der Waals surface area contributed by atoms with E-state index in [-0.39, 0.29) is 10.5 Å². The lowest BCUT2D eigenvalue weighted by molar-refractivity contribution is -0.508. The summed E-state index contributed by atoms with van der Waals surface area (Å²) >= 11 is 0. The lowest BCUT2D eigenvalue weighted by Crippen LogP contribution is -1.89. The molecule has 0 amide bonds. The first-order valence-electron chi connectivity index (χ1n) is 5.51. The zero-order valence-corrected chi connectivity index (χ0v) is 10.3. The van der Waals surface area contributed by atoms with Gasteiger partial charge in [-0.15, -0.1) is 10.2 Å². The first-order valence-corrected chi connectivity index (χ1v) is 5.51. The molecule has 1 heterocycles. The van der Waals surface area contributed by atoms with Crippen LogP contribution in [0, 0.1) is 28.1 Å². The van der Waals surface area contributed by atoms with E-state index in [1.165, 1.54) is 4.70 Å². The van der Waals surface area contributed by atoms with Gasteiger partial charge in [0, 0.05) is 29.8 Å². The van der Waals surface area contributed by atoms with E-state index in [1.54, 1.807) is 43.4 Å². The molecule has 6 nitrogen and oxygen atoms in total. The van der Waals surface area contributed by atoms with Crippen LogP contribution in [-0.4, -0.2) is 21.6 Å². The van der Waals surface area contributed by atoms with Gasteiger partial charge in [-0.25, -0.2) is 4.98 Å². The number of hydrogen-bond acceptors (Lipinski definition) is 3. The van der Waals surface area contributed by atoms with E-state index in [2.05, 4.69) is 16.8 Å². The molecule has 0 unspecified atom stereocenters. The molecule has 0 aliphatic carbocycles. The minimum atomic E-state index is 0.0541. The summed E-state index contributed by atoms with van der Waals surface area (Å²) in [6.07, 6.45) is 0. The van der Waals surface area contributed by atoms with Crippen molar-refractivity contribution in [1.29, 1.82) is 11.1 Å². The summed E-state index contributed by atoms with van der Waals surface area (Å²) in [5, 5.41) is 10.7. The Morgan fingerprint density at radius 3 is 2.26 bits per heavy atom. The number of aromatic nitrogens is 1. The molecule has 1 aromatic heterocycles. The van der Waals surface area contributed by atoms with Crippen LogP contribution in [0.3, 0.4) is 0 Å². The zero-order chi connectivity index (χ0) is 13.8. The molecule has 0 aliphatic heterocycles. The summed E-state index contributed by atoms with van der Waals surface area (Å²) in [6.45, 7) is 0. The summed E-state index contributed by atoms with van der Waals surface area (Å²) in [4.78, 5) is 3.04. The first kappa shape index (κ1) is 12.5. The van der Waals surface area contributed by atoms with Gasteiger partial charge in [-0.1, -0.05) is 10.8 Å². The van der Waals surface area contributed by atoms with E-state index in [0.29, 0.717) is 11.5 Å². The second-order valence-electron chi connectivity index (χ2n) is 3.91. The van der Waals surface area contributed by atoms with E-state index < -0.39 is 0 Å². The van der Waals surface area contributed by atoms with Crippen molar-refractivity contribution in [3.63, 3.8) is 0 Å². The van der Waals surface area contributed by atoms with Crippen molar-refractivity contribution in [3.8, 4) is 11.8 Å². The van der Waals surface area contributed by atoms with Crippen LogP contribution in [0.5, 0.6) is 0 Å². The van der Waals surface area contributed by atoms with Gasteiger partial charge in [0.2, 0.25) is 5.69 Å². The predicted molar refractivity (Wildman–Crippen MR) is 67.8 cm³/mol. The lowest BCUT2D eigenvalue weighted by Gasteiger charge is -1.95. The molecule has 0 aliphatic rings. The molecule has 19 heavy (non-hydrogen) atoms. The first-order chi connectivity index (χ1) is 9.06. The Bertz CT molecular complexity index is 688. The second kappa shape index (κ2) is 5.14. The molecule has 0 bridgehead atoms. The molecule has 2 aromatic rings. The highest BCUT2D eigenvalue weighted by Gasteiger charge is 2.05. The monoisotopic (exact) mass is 254 g/mol. The standard InChI is InChI=1S/C13H12N5O/c1-17(14)13-9-6-11(16-13)5-2-10-3-7-12(8-4-10)18(15)19/h3-4,6-9,14-16H,1H3/q+1. The van der Waals surface area contributed by atoms with Gasteiger partial charge < -0.3 is 5.21 Å². The highest BCUT2D eigenvalue weighted by atomic mass is 16.5. The van der Waals surface area contributed by atoms with Crippen LogP contribution in [-0.2, 0) is 0 Å². The highest BCUT2D eigenvalue weighted by molar-refractivity contribution is 5.45. The fourth-order valence-electron chi connectivity index (χ4n) is 1.47. The Hall–Kier alpha value is -2.94. The van der Waals surface area contributed by atoms with Crippen molar-refractivity contribution in [1.82, 2.24) is 4.98 Å². The number of benzene rings is 1. The molecule has 94 valence electrons. The van der Waals surface area contributed by atoms with Gasteiger partial charge in [-0.2, -0.15) is 0 Å². The third-order valence-corrected chi connectivity index (χ3v) is 2.48. The van der Waals surface area contributed by atoms with Crippen molar-refractivity contribution in [3.05, 3.63) is 52.9 Å². The summed E-state index contributed by atoms with van der Waals surface area (Å²) in [6, 6.07) is 10.0. The average Bonchev–Trinajstić information content (AvgIpc) is 2.86. The molecule has 0 radical (unpaired) electrons.